The Labute approximate surface area is 174 Å². The fourth-order valence-electron chi connectivity index (χ4n) is 3.68. The van der Waals surface area contributed by atoms with Crippen LogP contribution in [-0.4, -0.2) is 37.1 Å². The smallest absolute Gasteiger partial charge is 0.399 e. The zero-order chi connectivity index (χ0) is 21.1. The fourth-order valence-corrected chi connectivity index (χ4v) is 4.36. The van der Waals surface area contributed by atoms with Gasteiger partial charge in [-0.2, -0.15) is 0 Å². The lowest BCUT2D eigenvalue weighted by Crippen LogP contribution is -2.21. The molecule has 4 rings (SSSR count). The third-order valence-corrected chi connectivity index (χ3v) is 6.17. The average Bonchev–Trinajstić information content (AvgIpc) is 3.20. The molecule has 11 heteroatoms. The number of sulfonamides is 1. The number of H-pyrrole nitrogens is 2. The molecular weight excluding hydrogens is 408 g/mol. The second-order valence-corrected chi connectivity index (χ2v) is 8.90. The van der Waals surface area contributed by atoms with Crippen LogP contribution in [-0.2, 0) is 10.0 Å². The molecule has 0 unspecified atom stereocenters. The van der Waals surface area contributed by atoms with Gasteiger partial charge >= 0.3 is 5.95 Å². The summed E-state index contributed by atoms with van der Waals surface area (Å²) in [5, 5.41) is 8.33. The molecule has 0 bridgehead atoms. The molecule has 0 aliphatic heterocycles. The van der Waals surface area contributed by atoms with Gasteiger partial charge in [-0.25, -0.2) is 28.8 Å². The summed E-state index contributed by atoms with van der Waals surface area (Å²) < 4.78 is 34.6. The van der Waals surface area contributed by atoms with E-state index in [4.69, 9.17) is 14.6 Å². The van der Waals surface area contributed by atoms with Crippen LogP contribution in [0.4, 0.5) is 11.6 Å². The number of aromatic amines is 2. The van der Waals surface area contributed by atoms with Crippen LogP contribution in [0.5, 0.6) is 11.6 Å². The van der Waals surface area contributed by atoms with E-state index < -0.39 is 10.0 Å². The predicted molar refractivity (Wildman–Crippen MR) is 110 cm³/mol. The van der Waals surface area contributed by atoms with E-state index in [2.05, 4.69) is 25.3 Å². The Morgan fingerprint density at radius 1 is 1.30 bits per heavy atom. The van der Waals surface area contributed by atoms with Crippen LogP contribution in [0, 0.1) is 5.92 Å². The molecular formula is C19H25N6O4S+. The minimum absolute atomic E-state index is 0.0910. The number of hydrogen-bond acceptors (Lipinski definition) is 7. The van der Waals surface area contributed by atoms with Crippen molar-refractivity contribution in [2.75, 3.05) is 19.0 Å². The second kappa shape index (κ2) is 8.44. The lowest BCUT2D eigenvalue weighted by atomic mass is 9.90. The second-order valence-electron chi connectivity index (χ2n) is 7.37. The number of fused-ring (bicyclic) bond motifs is 1. The normalized spacial score (nSPS) is 15.3. The number of methoxy groups -OCH3 is 1. The largest absolute Gasteiger partial charge is 0.495 e. The number of nitrogens with two attached hydrogens (primary N) is 1. The Kier molecular flexibility index (Phi) is 5.73. The molecule has 0 amide bonds. The molecule has 1 saturated carbocycles. The summed E-state index contributed by atoms with van der Waals surface area (Å²) in [7, 11) is -2.51. The summed E-state index contributed by atoms with van der Waals surface area (Å²) in [5.41, 5.74) is 1.76. The SMILES string of the molecule is COc1cc(Nc2nc3nc[nH]c3c(OCC3CCCCC3)[nH+]2)ccc1S(N)(=O)=O. The van der Waals surface area contributed by atoms with Crippen LogP contribution in [0.1, 0.15) is 32.1 Å². The Balaban J connectivity index is 1.58. The Morgan fingerprint density at radius 2 is 2.10 bits per heavy atom. The van der Waals surface area contributed by atoms with Crippen molar-refractivity contribution in [2.45, 2.75) is 37.0 Å². The number of benzene rings is 1. The Bertz CT molecular complexity index is 1140. The molecule has 1 fully saturated rings. The van der Waals surface area contributed by atoms with Crippen LogP contribution in [0.25, 0.3) is 11.2 Å². The molecule has 2 aromatic heterocycles. The van der Waals surface area contributed by atoms with Gasteiger partial charge in [0.2, 0.25) is 10.0 Å². The molecule has 1 aliphatic carbocycles. The number of primary sulfonamides is 1. The van der Waals surface area contributed by atoms with Crippen LogP contribution < -0.4 is 24.9 Å². The molecule has 0 atom stereocenters. The average molecular weight is 434 g/mol. The molecule has 1 aromatic carbocycles. The maximum Gasteiger partial charge on any atom is 0.399 e. The quantitative estimate of drug-likeness (QED) is 0.517. The van der Waals surface area contributed by atoms with Gasteiger partial charge in [-0.1, -0.05) is 19.3 Å². The maximum atomic E-state index is 11.7. The van der Waals surface area contributed by atoms with Crippen molar-refractivity contribution in [1.82, 2.24) is 15.0 Å². The van der Waals surface area contributed by atoms with E-state index in [-0.39, 0.29) is 10.6 Å². The highest BCUT2D eigenvalue weighted by Crippen LogP contribution is 2.28. The number of ether oxygens (including phenoxy) is 2. The van der Waals surface area contributed by atoms with Gasteiger partial charge in [-0.3, -0.25) is 0 Å². The van der Waals surface area contributed by atoms with E-state index >= 15 is 0 Å². The van der Waals surface area contributed by atoms with Crippen LogP contribution in [0.3, 0.4) is 0 Å². The molecule has 2 heterocycles. The van der Waals surface area contributed by atoms with E-state index in [1.807, 2.05) is 0 Å². The summed E-state index contributed by atoms with van der Waals surface area (Å²) in [5.74, 6) is 1.64. The van der Waals surface area contributed by atoms with Gasteiger partial charge in [-0.15, -0.1) is 0 Å². The van der Waals surface area contributed by atoms with E-state index in [0.717, 1.165) is 0 Å². The first-order valence-corrected chi connectivity index (χ1v) is 11.4. The molecule has 0 spiro atoms. The Morgan fingerprint density at radius 3 is 2.83 bits per heavy atom. The number of anilines is 2. The Hall–Kier alpha value is -2.92. The van der Waals surface area contributed by atoms with Gasteiger partial charge in [0.1, 0.15) is 16.3 Å². The summed E-state index contributed by atoms with van der Waals surface area (Å²) in [6.45, 7) is 0.630. The predicted octanol–water partition coefficient (Wildman–Crippen LogP) is 2.13. The molecule has 160 valence electrons. The van der Waals surface area contributed by atoms with Gasteiger partial charge < -0.3 is 14.5 Å². The lowest BCUT2D eigenvalue weighted by molar-refractivity contribution is -0.380. The summed E-state index contributed by atoms with van der Waals surface area (Å²) >= 11 is 0. The molecule has 1 aliphatic rings. The standard InChI is InChI=1S/C19H24N6O4S/c1-28-14-9-13(7-8-15(14)30(20,26)27)23-19-24-17-16(21-11-22-17)18(25-19)29-10-12-5-3-2-4-6-12/h7-9,11-12H,2-6,10H2,1H3,(H2,20,26,27)(H2,21,22,23,24,25)/p+1. The highest BCUT2D eigenvalue weighted by Gasteiger charge is 2.21. The molecule has 3 aromatic rings. The van der Waals surface area contributed by atoms with Gasteiger partial charge in [0.05, 0.1) is 20.0 Å². The summed E-state index contributed by atoms with van der Waals surface area (Å²) in [6, 6.07) is 4.49. The zero-order valence-electron chi connectivity index (χ0n) is 16.6. The van der Waals surface area contributed by atoms with Crippen molar-refractivity contribution >= 4 is 32.8 Å². The van der Waals surface area contributed by atoms with E-state index in [1.54, 1.807) is 12.4 Å². The number of nitrogens with one attached hydrogen (secondary N) is 3. The van der Waals surface area contributed by atoms with E-state index in [1.165, 1.54) is 51.3 Å². The zero-order valence-corrected chi connectivity index (χ0v) is 17.5. The fraction of sp³-hybridized carbons (Fsp3) is 0.421. The van der Waals surface area contributed by atoms with Crippen molar-refractivity contribution in [3.05, 3.63) is 24.5 Å². The van der Waals surface area contributed by atoms with Crippen molar-refractivity contribution in [2.24, 2.45) is 11.1 Å². The first kappa shape index (κ1) is 20.4. The number of rotatable bonds is 7. The van der Waals surface area contributed by atoms with Gasteiger partial charge in [0.25, 0.3) is 11.5 Å². The number of aromatic nitrogens is 4. The molecule has 30 heavy (non-hydrogen) atoms. The van der Waals surface area contributed by atoms with Crippen molar-refractivity contribution in [1.29, 1.82) is 0 Å². The minimum atomic E-state index is -3.89. The molecule has 0 saturated heterocycles. The maximum absolute atomic E-state index is 11.7. The highest BCUT2D eigenvalue weighted by molar-refractivity contribution is 7.89. The first-order valence-electron chi connectivity index (χ1n) is 9.81. The summed E-state index contributed by atoms with van der Waals surface area (Å²) in [6.07, 6.45) is 7.71. The van der Waals surface area contributed by atoms with Crippen LogP contribution in [0.15, 0.2) is 29.4 Å². The molecule has 0 radical (unpaired) electrons. The first-order chi connectivity index (χ1) is 14.4. The lowest BCUT2D eigenvalue weighted by Gasteiger charge is -2.21. The van der Waals surface area contributed by atoms with Crippen molar-refractivity contribution in [3.8, 4) is 11.6 Å². The monoisotopic (exact) mass is 433 g/mol. The van der Waals surface area contributed by atoms with Gasteiger partial charge in [-0.05, 0) is 35.9 Å². The van der Waals surface area contributed by atoms with Crippen molar-refractivity contribution < 1.29 is 22.9 Å². The van der Waals surface area contributed by atoms with Crippen LogP contribution >= 0.6 is 0 Å². The molecule has 10 nitrogen and oxygen atoms in total. The van der Waals surface area contributed by atoms with E-state index in [0.29, 0.717) is 41.2 Å². The topological polar surface area (TPSA) is 146 Å². The third-order valence-electron chi connectivity index (χ3n) is 5.22. The molecule has 5 N–H and O–H groups in total. The van der Waals surface area contributed by atoms with Crippen molar-refractivity contribution in [3.63, 3.8) is 0 Å². The van der Waals surface area contributed by atoms with Gasteiger partial charge in [0, 0.05) is 6.07 Å². The third kappa shape index (κ3) is 4.46. The highest BCUT2D eigenvalue weighted by atomic mass is 32.2. The number of imidazole rings is 1. The minimum Gasteiger partial charge on any atom is -0.495 e. The van der Waals surface area contributed by atoms with Gasteiger partial charge in [0.15, 0.2) is 5.52 Å². The number of hydrogen-bond donors (Lipinski definition) is 3. The van der Waals surface area contributed by atoms with E-state index in [9.17, 15) is 8.42 Å². The summed E-state index contributed by atoms with van der Waals surface area (Å²) in [4.78, 5) is 14.8. The van der Waals surface area contributed by atoms with Crippen LogP contribution in [0.2, 0.25) is 0 Å². The number of nitrogens with zero attached hydrogens (tertiary/aromatic N) is 2.